The first-order chi connectivity index (χ1) is 10.9. The van der Waals surface area contributed by atoms with E-state index < -0.39 is 10.0 Å². The molecule has 124 valence electrons. The molecule has 0 aliphatic carbocycles. The zero-order valence-corrected chi connectivity index (χ0v) is 13.8. The number of likely N-dealkylation sites (tertiary alicyclic amines) is 1. The highest BCUT2D eigenvalue weighted by Crippen LogP contribution is 2.27. The number of piperidine rings is 1. The monoisotopic (exact) mass is 336 g/mol. The molecule has 23 heavy (non-hydrogen) atoms. The van der Waals surface area contributed by atoms with E-state index in [1.165, 1.54) is 0 Å². The molecule has 6 nitrogen and oxygen atoms in total. The standard InChI is InChI=1S/C16H20N2O4S/c1-23(20,21)17-14-6-4-8-18(10-14)16(19)13-9-12-5-2-3-7-15(12)22-11-13/h2-3,5,7,9,14,17H,4,6,8,10-11H2,1H3/t14-/m1/s1. The van der Waals surface area contributed by atoms with Crippen LogP contribution in [0.2, 0.25) is 0 Å². The van der Waals surface area contributed by atoms with Crippen LogP contribution in [0.1, 0.15) is 18.4 Å². The summed E-state index contributed by atoms with van der Waals surface area (Å²) in [6.45, 7) is 1.28. The third kappa shape index (κ3) is 3.92. The van der Waals surface area contributed by atoms with Gasteiger partial charge in [0.1, 0.15) is 12.4 Å². The molecule has 1 fully saturated rings. The smallest absolute Gasteiger partial charge is 0.253 e. The Morgan fingerprint density at radius 3 is 2.91 bits per heavy atom. The van der Waals surface area contributed by atoms with Crippen molar-refractivity contribution in [3.05, 3.63) is 35.4 Å². The lowest BCUT2D eigenvalue weighted by molar-refractivity contribution is -0.128. The van der Waals surface area contributed by atoms with Crippen molar-refractivity contribution in [2.75, 3.05) is 26.0 Å². The van der Waals surface area contributed by atoms with Gasteiger partial charge in [-0.2, -0.15) is 0 Å². The molecule has 2 aliphatic heterocycles. The fourth-order valence-electron chi connectivity index (χ4n) is 3.00. The van der Waals surface area contributed by atoms with E-state index in [0.29, 0.717) is 18.7 Å². The van der Waals surface area contributed by atoms with E-state index in [9.17, 15) is 13.2 Å². The fraction of sp³-hybridized carbons (Fsp3) is 0.438. The van der Waals surface area contributed by atoms with Crippen LogP contribution in [0.3, 0.4) is 0 Å². The lowest BCUT2D eigenvalue weighted by Crippen LogP contribution is -2.50. The quantitative estimate of drug-likeness (QED) is 0.894. The molecule has 0 saturated carbocycles. The van der Waals surface area contributed by atoms with Crippen molar-refractivity contribution in [3.8, 4) is 5.75 Å². The Bertz CT molecular complexity index is 742. The van der Waals surface area contributed by atoms with E-state index in [-0.39, 0.29) is 18.6 Å². The van der Waals surface area contributed by atoms with E-state index in [2.05, 4.69) is 4.72 Å². The first-order valence-electron chi connectivity index (χ1n) is 7.61. The third-order valence-electron chi connectivity index (χ3n) is 4.00. The van der Waals surface area contributed by atoms with Gasteiger partial charge in [-0.1, -0.05) is 18.2 Å². The second-order valence-electron chi connectivity index (χ2n) is 5.98. The van der Waals surface area contributed by atoms with E-state index >= 15 is 0 Å². The number of carbonyl (C=O) groups is 1. The summed E-state index contributed by atoms with van der Waals surface area (Å²) >= 11 is 0. The highest BCUT2D eigenvalue weighted by molar-refractivity contribution is 7.88. The Morgan fingerprint density at radius 1 is 1.35 bits per heavy atom. The maximum absolute atomic E-state index is 12.7. The molecule has 2 aliphatic rings. The van der Waals surface area contributed by atoms with Gasteiger partial charge in [0, 0.05) is 24.7 Å². The minimum absolute atomic E-state index is 0.0838. The summed E-state index contributed by atoms with van der Waals surface area (Å²) < 4.78 is 31.0. The van der Waals surface area contributed by atoms with Gasteiger partial charge < -0.3 is 9.64 Å². The molecule has 7 heteroatoms. The van der Waals surface area contributed by atoms with Crippen molar-refractivity contribution in [1.29, 1.82) is 0 Å². The molecule has 1 aromatic rings. The molecule has 0 aromatic heterocycles. The minimum atomic E-state index is -3.26. The molecular weight excluding hydrogens is 316 g/mol. The summed E-state index contributed by atoms with van der Waals surface area (Å²) in [5.41, 5.74) is 1.49. The van der Waals surface area contributed by atoms with E-state index in [1.807, 2.05) is 30.3 Å². The van der Waals surface area contributed by atoms with Gasteiger partial charge >= 0.3 is 0 Å². The van der Waals surface area contributed by atoms with Crippen molar-refractivity contribution in [2.45, 2.75) is 18.9 Å². The molecular formula is C16H20N2O4S. The molecule has 0 spiro atoms. The van der Waals surface area contributed by atoms with Gasteiger partial charge in [0.15, 0.2) is 0 Å². The highest BCUT2D eigenvalue weighted by Gasteiger charge is 2.28. The maximum atomic E-state index is 12.7. The van der Waals surface area contributed by atoms with Crippen molar-refractivity contribution in [3.63, 3.8) is 0 Å². The van der Waals surface area contributed by atoms with Crippen LogP contribution in [-0.4, -0.2) is 51.2 Å². The number of fused-ring (bicyclic) bond motifs is 1. The second kappa shape index (κ2) is 6.33. The number of amides is 1. The van der Waals surface area contributed by atoms with Crippen LogP contribution in [0.5, 0.6) is 5.75 Å². The van der Waals surface area contributed by atoms with E-state index in [0.717, 1.165) is 30.4 Å². The Labute approximate surface area is 136 Å². The summed E-state index contributed by atoms with van der Waals surface area (Å²) in [6.07, 6.45) is 4.52. The van der Waals surface area contributed by atoms with Gasteiger partial charge in [0.2, 0.25) is 10.0 Å². The van der Waals surface area contributed by atoms with E-state index in [1.54, 1.807) is 4.90 Å². The van der Waals surface area contributed by atoms with Crippen LogP contribution in [0.15, 0.2) is 29.8 Å². The lowest BCUT2D eigenvalue weighted by Gasteiger charge is -2.33. The Balaban J connectivity index is 1.72. The van der Waals surface area contributed by atoms with Gasteiger partial charge in [0.05, 0.1) is 11.8 Å². The predicted molar refractivity (Wildman–Crippen MR) is 87.5 cm³/mol. The molecule has 1 saturated heterocycles. The van der Waals surface area contributed by atoms with Crippen LogP contribution in [-0.2, 0) is 14.8 Å². The number of carbonyl (C=O) groups excluding carboxylic acids is 1. The fourth-order valence-corrected chi connectivity index (χ4v) is 3.80. The minimum Gasteiger partial charge on any atom is -0.488 e. The predicted octanol–water partition coefficient (Wildman–Crippen LogP) is 1.00. The van der Waals surface area contributed by atoms with Gasteiger partial charge in [-0.05, 0) is 25.0 Å². The number of hydrogen-bond donors (Lipinski definition) is 1. The molecule has 1 N–H and O–H groups in total. The molecule has 3 rings (SSSR count). The van der Waals surface area contributed by atoms with Crippen molar-refractivity contribution in [1.82, 2.24) is 9.62 Å². The maximum Gasteiger partial charge on any atom is 0.253 e. The Kier molecular flexibility index (Phi) is 4.41. The topological polar surface area (TPSA) is 75.7 Å². The number of benzene rings is 1. The molecule has 0 bridgehead atoms. The van der Waals surface area contributed by atoms with Crippen LogP contribution in [0.4, 0.5) is 0 Å². The molecule has 0 radical (unpaired) electrons. The number of para-hydroxylation sites is 1. The van der Waals surface area contributed by atoms with Crippen molar-refractivity contribution >= 4 is 22.0 Å². The lowest BCUT2D eigenvalue weighted by atomic mass is 10.0. The van der Waals surface area contributed by atoms with Crippen LogP contribution < -0.4 is 9.46 Å². The summed E-state index contributed by atoms with van der Waals surface area (Å²) in [7, 11) is -3.26. The third-order valence-corrected chi connectivity index (χ3v) is 4.76. The zero-order chi connectivity index (χ0) is 16.4. The SMILES string of the molecule is CS(=O)(=O)N[C@@H]1CCCN(C(=O)C2=Cc3ccccc3OC2)C1. The second-order valence-corrected chi connectivity index (χ2v) is 7.76. The first kappa shape index (κ1) is 16.0. The summed E-state index contributed by atoms with van der Waals surface area (Å²) in [6, 6.07) is 7.36. The van der Waals surface area contributed by atoms with Gasteiger partial charge in [-0.15, -0.1) is 0 Å². The molecule has 1 amide bonds. The number of rotatable bonds is 3. The number of sulfonamides is 1. The van der Waals surface area contributed by atoms with Crippen LogP contribution >= 0.6 is 0 Å². The summed E-state index contributed by atoms with van der Waals surface area (Å²) in [5.74, 6) is 0.693. The average Bonchev–Trinajstić information content (AvgIpc) is 2.52. The zero-order valence-electron chi connectivity index (χ0n) is 13.0. The Hall–Kier alpha value is -1.86. The van der Waals surface area contributed by atoms with Crippen LogP contribution in [0.25, 0.3) is 6.08 Å². The highest BCUT2D eigenvalue weighted by atomic mass is 32.2. The van der Waals surface area contributed by atoms with Gasteiger partial charge in [-0.25, -0.2) is 13.1 Å². The molecule has 2 heterocycles. The number of nitrogens with one attached hydrogen (secondary N) is 1. The van der Waals surface area contributed by atoms with E-state index in [4.69, 9.17) is 4.74 Å². The van der Waals surface area contributed by atoms with Gasteiger partial charge in [0.25, 0.3) is 5.91 Å². The Morgan fingerprint density at radius 2 is 2.13 bits per heavy atom. The average molecular weight is 336 g/mol. The first-order valence-corrected chi connectivity index (χ1v) is 9.50. The molecule has 1 atom stereocenters. The van der Waals surface area contributed by atoms with Crippen LogP contribution in [0, 0.1) is 0 Å². The summed E-state index contributed by atoms with van der Waals surface area (Å²) in [5, 5.41) is 0. The van der Waals surface area contributed by atoms with Crippen molar-refractivity contribution < 1.29 is 17.9 Å². The number of hydrogen-bond acceptors (Lipinski definition) is 4. The number of nitrogens with zero attached hydrogens (tertiary/aromatic N) is 1. The molecule has 0 unspecified atom stereocenters. The van der Waals surface area contributed by atoms with Gasteiger partial charge in [-0.3, -0.25) is 4.79 Å². The molecule has 1 aromatic carbocycles. The normalized spacial score (nSPS) is 21.2. The van der Waals surface area contributed by atoms with Crippen molar-refractivity contribution in [2.24, 2.45) is 0 Å². The largest absolute Gasteiger partial charge is 0.488 e. The summed E-state index contributed by atoms with van der Waals surface area (Å²) in [4.78, 5) is 14.4. The number of ether oxygens (including phenoxy) is 1.